The van der Waals surface area contributed by atoms with Gasteiger partial charge in [0.05, 0.1) is 12.7 Å². The van der Waals surface area contributed by atoms with Crippen LogP contribution in [0.2, 0.25) is 0 Å². The summed E-state index contributed by atoms with van der Waals surface area (Å²) < 4.78 is 1.80. The van der Waals surface area contributed by atoms with Crippen LogP contribution in [0.4, 0.5) is 0 Å². The van der Waals surface area contributed by atoms with E-state index < -0.39 is 0 Å². The summed E-state index contributed by atoms with van der Waals surface area (Å²) in [5, 5.41) is 10.0. The largest absolute Gasteiger partial charge is 0.351 e. The smallest absolute Gasteiger partial charge is 0.234 e. The van der Waals surface area contributed by atoms with E-state index in [0.29, 0.717) is 19.1 Å². The average molecular weight is 224 g/mol. The molecule has 0 unspecified atom stereocenters. The first-order valence-corrected chi connectivity index (χ1v) is 5.48. The van der Waals surface area contributed by atoms with E-state index in [0.717, 1.165) is 11.3 Å². The Kier molecular flexibility index (Phi) is 4.49. The van der Waals surface area contributed by atoms with E-state index in [2.05, 4.69) is 15.7 Å². The molecule has 1 aromatic rings. The summed E-state index contributed by atoms with van der Waals surface area (Å²) in [4.78, 5) is 11.4. The van der Waals surface area contributed by atoms with Gasteiger partial charge in [-0.1, -0.05) is 13.8 Å². The Labute approximate surface area is 96.2 Å². The minimum absolute atomic E-state index is 0.0111. The van der Waals surface area contributed by atoms with Crippen LogP contribution in [0.5, 0.6) is 0 Å². The van der Waals surface area contributed by atoms with Gasteiger partial charge in [-0.2, -0.15) is 5.10 Å². The van der Waals surface area contributed by atoms with E-state index >= 15 is 0 Å². The molecule has 0 aliphatic heterocycles. The summed E-state index contributed by atoms with van der Waals surface area (Å²) in [6.45, 7) is 6.91. The molecule has 0 fully saturated rings. The molecule has 0 saturated heterocycles. The van der Waals surface area contributed by atoms with Gasteiger partial charge >= 0.3 is 0 Å². The minimum Gasteiger partial charge on any atom is -0.351 e. The molecule has 5 nitrogen and oxygen atoms in total. The highest BCUT2D eigenvalue weighted by Gasteiger charge is 2.06. The van der Waals surface area contributed by atoms with Crippen LogP contribution >= 0.6 is 0 Å². The molecular formula is C11H20N4O. The fourth-order valence-electron chi connectivity index (χ4n) is 1.27. The first kappa shape index (κ1) is 12.7. The molecule has 1 rings (SSSR count). The monoisotopic (exact) mass is 224 g/mol. The zero-order valence-corrected chi connectivity index (χ0v) is 10.4. The maximum absolute atomic E-state index is 11.4. The van der Waals surface area contributed by atoms with E-state index in [1.54, 1.807) is 10.9 Å². The van der Waals surface area contributed by atoms with Gasteiger partial charge in [0.2, 0.25) is 5.91 Å². The highest BCUT2D eigenvalue weighted by Crippen LogP contribution is 2.04. The molecule has 2 N–H and O–H groups in total. The summed E-state index contributed by atoms with van der Waals surface area (Å²) in [5.41, 5.74) is 2.14. The second-order valence-corrected chi connectivity index (χ2v) is 4.19. The molecule has 0 radical (unpaired) electrons. The van der Waals surface area contributed by atoms with Crippen molar-refractivity contribution < 1.29 is 4.79 Å². The molecule has 5 heteroatoms. The highest BCUT2D eigenvalue weighted by molar-refractivity contribution is 5.78. The van der Waals surface area contributed by atoms with Gasteiger partial charge in [0.25, 0.3) is 0 Å². The molecule has 90 valence electrons. The van der Waals surface area contributed by atoms with Crippen molar-refractivity contribution in [3.63, 3.8) is 0 Å². The van der Waals surface area contributed by atoms with Gasteiger partial charge < -0.3 is 10.6 Å². The maximum Gasteiger partial charge on any atom is 0.234 e. The number of carbonyl (C=O) groups excluding carboxylic acids is 1. The molecule has 0 aromatic carbocycles. The summed E-state index contributed by atoms with van der Waals surface area (Å²) in [5.74, 6) is 0.0111. The van der Waals surface area contributed by atoms with E-state index in [1.165, 1.54) is 0 Å². The molecule has 0 saturated carbocycles. The van der Waals surface area contributed by atoms with Gasteiger partial charge in [-0.05, 0) is 6.92 Å². The second-order valence-electron chi connectivity index (χ2n) is 4.19. The molecular weight excluding hydrogens is 204 g/mol. The lowest BCUT2D eigenvalue weighted by Gasteiger charge is -2.08. The van der Waals surface area contributed by atoms with Crippen molar-refractivity contribution in [2.24, 2.45) is 7.05 Å². The third-order valence-electron chi connectivity index (χ3n) is 2.48. The normalized spacial score (nSPS) is 10.8. The fourth-order valence-corrected chi connectivity index (χ4v) is 1.27. The Hall–Kier alpha value is -1.36. The number of aromatic nitrogens is 2. The number of nitrogens with zero attached hydrogens (tertiary/aromatic N) is 2. The van der Waals surface area contributed by atoms with Crippen LogP contribution in [0.1, 0.15) is 25.1 Å². The number of hydrogen-bond donors (Lipinski definition) is 2. The van der Waals surface area contributed by atoms with Crippen molar-refractivity contribution in [1.29, 1.82) is 0 Å². The van der Waals surface area contributed by atoms with Crippen LogP contribution in [0.3, 0.4) is 0 Å². The zero-order valence-electron chi connectivity index (χ0n) is 10.4. The SMILES string of the molecule is Cc1c(CNC(=O)CNC(C)C)cnn1C. The van der Waals surface area contributed by atoms with Gasteiger partial charge in [0.15, 0.2) is 0 Å². The average Bonchev–Trinajstić information content (AvgIpc) is 2.54. The number of aryl methyl sites for hydroxylation is 1. The third kappa shape index (κ3) is 3.66. The van der Waals surface area contributed by atoms with Crippen molar-refractivity contribution in [3.05, 3.63) is 17.5 Å². The molecule has 0 bridgehead atoms. The zero-order chi connectivity index (χ0) is 12.1. The minimum atomic E-state index is 0.0111. The lowest BCUT2D eigenvalue weighted by atomic mass is 10.2. The van der Waals surface area contributed by atoms with Crippen LogP contribution in [-0.2, 0) is 18.4 Å². The first-order chi connectivity index (χ1) is 7.50. The molecule has 1 amide bonds. The summed E-state index contributed by atoms with van der Waals surface area (Å²) >= 11 is 0. The predicted octanol–water partition coefficient (Wildman–Crippen LogP) is 0.343. The highest BCUT2D eigenvalue weighted by atomic mass is 16.1. The summed E-state index contributed by atoms with van der Waals surface area (Å²) in [7, 11) is 1.89. The Morgan fingerprint density at radius 2 is 2.25 bits per heavy atom. The number of hydrogen-bond acceptors (Lipinski definition) is 3. The van der Waals surface area contributed by atoms with Crippen molar-refractivity contribution >= 4 is 5.91 Å². The van der Waals surface area contributed by atoms with Crippen LogP contribution in [0.25, 0.3) is 0 Å². The Morgan fingerprint density at radius 1 is 1.56 bits per heavy atom. The lowest BCUT2D eigenvalue weighted by Crippen LogP contribution is -2.36. The molecule has 16 heavy (non-hydrogen) atoms. The summed E-state index contributed by atoms with van der Waals surface area (Å²) in [6.07, 6.45) is 1.78. The Balaban J connectivity index is 2.34. The van der Waals surface area contributed by atoms with E-state index in [9.17, 15) is 4.79 Å². The van der Waals surface area contributed by atoms with E-state index in [4.69, 9.17) is 0 Å². The van der Waals surface area contributed by atoms with Crippen LogP contribution in [-0.4, -0.2) is 28.3 Å². The lowest BCUT2D eigenvalue weighted by molar-refractivity contribution is -0.120. The molecule has 1 aromatic heterocycles. The van der Waals surface area contributed by atoms with Gasteiger partial charge in [-0.15, -0.1) is 0 Å². The number of amides is 1. The molecule has 0 atom stereocenters. The molecule has 0 aliphatic carbocycles. The molecule has 0 aliphatic rings. The van der Waals surface area contributed by atoms with Gasteiger partial charge in [0.1, 0.15) is 0 Å². The molecule has 1 heterocycles. The molecule has 0 spiro atoms. The van der Waals surface area contributed by atoms with Crippen LogP contribution in [0.15, 0.2) is 6.20 Å². The van der Waals surface area contributed by atoms with Gasteiger partial charge in [-0.25, -0.2) is 0 Å². The summed E-state index contributed by atoms with van der Waals surface area (Å²) in [6, 6.07) is 0.325. The van der Waals surface area contributed by atoms with Crippen molar-refractivity contribution in [3.8, 4) is 0 Å². The van der Waals surface area contributed by atoms with E-state index in [-0.39, 0.29) is 5.91 Å². The Bertz CT molecular complexity index is 357. The van der Waals surface area contributed by atoms with Crippen molar-refractivity contribution in [2.75, 3.05) is 6.54 Å². The third-order valence-corrected chi connectivity index (χ3v) is 2.48. The topological polar surface area (TPSA) is 59.0 Å². The van der Waals surface area contributed by atoms with Crippen molar-refractivity contribution in [2.45, 2.75) is 33.4 Å². The van der Waals surface area contributed by atoms with Gasteiger partial charge in [0, 0.05) is 30.9 Å². The fraction of sp³-hybridized carbons (Fsp3) is 0.636. The second kappa shape index (κ2) is 5.65. The van der Waals surface area contributed by atoms with Crippen molar-refractivity contribution in [1.82, 2.24) is 20.4 Å². The predicted molar refractivity (Wildman–Crippen MR) is 62.9 cm³/mol. The quantitative estimate of drug-likeness (QED) is 0.758. The first-order valence-electron chi connectivity index (χ1n) is 5.48. The maximum atomic E-state index is 11.4. The number of carbonyl (C=O) groups is 1. The van der Waals surface area contributed by atoms with Gasteiger partial charge in [-0.3, -0.25) is 9.48 Å². The van der Waals surface area contributed by atoms with E-state index in [1.807, 2.05) is 27.8 Å². The standard InChI is InChI=1S/C11H20N4O/c1-8(2)12-7-11(16)13-5-10-6-14-15(4)9(10)3/h6,8,12H,5,7H2,1-4H3,(H,13,16). The van der Waals surface area contributed by atoms with Crippen LogP contribution < -0.4 is 10.6 Å². The van der Waals surface area contributed by atoms with Crippen LogP contribution in [0, 0.1) is 6.92 Å². The Morgan fingerprint density at radius 3 is 2.75 bits per heavy atom. The number of rotatable bonds is 5. The number of nitrogens with one attached hydrogen (secondary N) is 2.